The van der Waals surface area contributed by atoms with Crippen LogP contribution in [0.5, 0.6) is 5.75 Å². The zero-order chi connectivity index (χ0) is 23.3. The molecule has 0 radical (unpaired) electrons. The number of aryl methyl sites for hydroxylation is 3. The maximum atomic E-state index is 12.7. The van der Waals surface area contributed by atoms with Crippen LogP contribution in [-0.4, -0.2) is 35.1 Å². The van der Waals surface area contributed by atoms with Crippen molar-refractivity contribution in [3.8, 4) is 5.75 Å². The number of benzene rings is 2. The van der Waals surface area contributed by atoms with E-state index in [-0.39, 0.29) is 6.54 Å². The van der Waals surface area contributed by atoms with Gasteiger partial charge in [-0.25, -0.2) is 0 Å². The maximum Gasteiger partial charge on any atom is 0.294 e. The van der Waals surface area contributed by atoms with E-state index in [0.29, 0.717) is 17.2 Å². The van der Waals surface area contributed by atoms with E-state index in [1.54, 1.807) is 6.08 Å². The van der Waals surface area contributed by atoms with Crippen molar-refractivity contribution in [3.63, 3.8) is 0 Å². The molecule has 0 aliphatic carbocycles. The second-order valence-corrected chi connectivity index (χ2v) is 8.85. The third-order valence-electron chi connectivity index (χ3n) is 5.06. The highest BCUT2D eigenvalue weighted by molar-refractivity contribution is 8.18. The molecule has 1 aliphatic heterocycles. The Balaban J connectivity index is 1.65. The Bertz CT molecular complexity index is 1040. The van der Waals surface area contributed by atoms with Gasteiger partial charge in [0.05, 0.1) is 11.5 Å². The average molecular weight is 453 g/mol. The summed E-state index contributed by atoms with van der Waals surface area (Å²) in [4.78, 5) is 39.0. The van der Waals surface area contributed by atoms with E-state index in [2.05, 4.69) is 12.2 Å². The summed E-state index contributed by atoms with van der Waals surface area (Å²) < 4.78 is 5.64. The van der Waals surface area contributed by atoms with Crippen LogP contribution in [0.1, 0.15) is 42.0 Å². The number of nitrogens with one attached hydrogen (secondary N) is 1. The van der Waals surface area contributed by atoms with Crippen LogP contribution in [0.4, 0.5) is 10.5 Å². The lowest BCUT2D eigenvalue weighted by Gasteiger charge is -2.15. The molecule has 1 aliphatic rings. The van der Waals surface area contributed by atoms with Gasteiger partial charge in [0.1, 0.15) is 12.3 Å². The fraction of sp³-hybridized carbons (Fsp3) is 0.320. The molecule has 2 aromatic carbocycles. The number of anilines is 1. The lowest BCUT2D eigenvalue weighted by atomic mass is 10.1. The lowest BCUT2D eigenvalue weighted by molar-refractivity contribution is -0.127. The molecule has 1 N–H and O–H groups in total. The number of hydrogen-bond donors (Lipinski definition) is 1. The largest absolute Gasteiger partial charge is 0.494 e. The minimum atomic E-state index is -0.462. The van der Waals surface area contributed by atoms with E-state index in [1.807, 2.05) is 57.2 Å². The van der Waals surface area contributed by atoms with Gasteiger partial charge in [0.15, 0.2) is 0 Å². The van der Waals surface area contributed by atoms with Crippen molar-refractivity contribution in [2.45, 2.75) is 40.5 Å². The molecule has 0 atom stereocenters. The van der Waals surface area contributed by atoms with Gasteiger partial charge in [-0.2, -0.15) is 0 Å². The second kappa shape index (κ2) is 10.5. The van der Waals surface area contributed by atoms with Gasteiger partial charge in [-0.3, -0.25) is 19.3 Å². The van der Waals surface area contributed by atoms with E-state index in [9.17, 15) is 14.4 Å². The van der Waals surface area contributed by atoms with E-state index in [1.165, 1.54) is 0 Å². The molecule has 0 saturated carbocycles. The summed E-state index contributed by atoms with van der Waals surface area (Å²) in [5, 5.41) is 2.39. The van der Waals surface area contributed by atoms with Crippen molar-refractivity contribution in [1.82, 2.24) is 4.90 Å². The Kier molecular flexibility index (Phi) is 7.75. The van der Waals surface area contributed by atoms with Crippen molar-refractivity contribution in [2.24, 2.45) is 0 Å². The average Bonchev–Trinajstić information content (AvgIpc) is 2.99. The molecular formula is C25H28N2O4S. The van der Waals surface area contributed by atoms with Gasteiger partial charge in [0.25, 0.3) is 11.1 Å². The predicted octanol–water partition coefficient (Wildman–Crippen LogP) is 5.47. The van der Waals surface area contributed by atoms with Crippen LogP contribution in [0.25, 0.3) is 6.08 Å². The number of nitrogens with zero attached hydrogens (tertiary/aromatic N) is 1. The first kappa shape index (κ1) is 23.6. The second-order valence-electron chi connectivity index (χ2n) is 7.86. The van der Waals surface area contributed by atoms with Crippen LogP contribution in [0.2, 0.25) is 0 Å². The molecule has 1 fully saturated rings. The molecule has 3 amide bonds. The molecular weight excluding hydrogens is 424 g/mol. The molecule has 0 spiro atoms. The molecule has 168 valence electrons. The van der Waals surface area contributed by atoms with Gasteiger partial charge in [0, 0.05) is 5.69 Å². The van der Waals surface area contributed by atoms with E-state index < -0.39 is 17.1 Å². The van der Waals surface area contributed by atoms with Gasteiger partial charge >= 0.3 is 0 Å². The zero-order valence-electron chi connectivity index (χ0n) is 18.9. The summed E-state index contributed by atoms with van der Waals surface area (Å²) >= 11 is 0.842. The number of unbranched alkanes of at least 4 members (excludes halogenated alkanes) is 1. The highest BCUT2D eigenvalue weighted by Gasteiger charge is 2.36. The Morgan fingerprint density at radius 2 is 1.75 bits per heavy atom. The summed E-state index contributed by atoms with van der Waals surface area (Å²) in [5.41, 5.74) is 4.48. The predicted molar refractivity (Wildman–Crippen MR) is 129 cm³/mol. The van der Waals surface area contributed by atoms with Crippen molar-refractivity contribution in [2.75, 3.05) is 18.5 Å². The molecule has 32 heavy (non-hydrogen) atoms. The van der Waals surface area contributed by atoms with Crippen molar-refractivity contribution >= 4 is 40.6 Å². The van der Waals surface area contributed by atoms with Crippen LogP contribution in [0, 0.1) is 20.8 Å². The van der Waals surface area contributed by atoms with Gasteiger partial charge < -0.3 is 10.1 Å². The van der Waals surface area contributed by atoms with Crippen LogP contribution in [0.15, 0.2) is 41.3 Å². The Morgan fingerprint density at radius 1 is 1.09 bits per heavy atom. The highest BCUT2D eigenvalue weighted by atomic mass is 32.2. The van der Waals surface area contributed by atoms with Crippen LogP contribution in [0.3, 0.4) is 0 Å². The SMILES string of the molecule is CCCCOc1ccc(/C=C2\SC(=O)N(CC(=O)Nc3c(C)cc(C)cc3C)C2=O)cc1. The molecule has 1 saturated heterocycles. The molecule has 0 unspecified atom stereocenters. The highest BCUT2D eigenvalue weighted by Crippen LogP contribution is 2.32. The number of thioether (sulfide) groups is 1. The van der Waals surface area contributed by atoms with Crippen LogP contribution in [-0.2, 0) is 9.59 Å². The summed E-state index contributed by atoms with van der Waals surface area (Å²) in [6.07, 6.45) is 3.72. The number of ether oxygens (including phenoxy) is 1. The Hall–Kier alpha value is -3.06. The van der Waals surface area contributed by atoms with Gasteiger partial charge in [-0.05, 0) is 73.9 Å². The number of carbonyl (C=O) groups is 3. The van der Waals surface area contributed by atoms with E-state index in [4.69, 9.17) is 4.74 Å². The fourth-order valence-electron chi connectivity index (χ4n) is 3.48. The first-order valence-corrected chi connectivity index (χ1v) is 11.5. The standard InChI is InChI=1S/C25H28N2O4S/c1-5-6-11-31-20-9-7-19(8-10-20)14-21-24(29)27(25(30)32-21)15-22(28)26-23-17(3)12-16(2)13-18(23)4/h7-10,12-14H,5-6,11,15H2,1-4H3,(H,26,28)/b21-14-. The summed E-state index contributed by atoms with van der Waals surface area (Å²) in [6.45, 7) is 8.27. The lowest BCUT2D eigenvalue weighted by Crippen LogP contribution is -2.36. The molecule has 0 bridgehead atoms. The number of rotatable bonds is 8. The van der Waals surface area contributed by atoms with Gasteiger partial charge in [-0.1, -0.05) is 43.2 Å². The minimum Gasteiger partial charge on any atom is -0.494 e. The van der Waals surface area contributed by atoms with Gasteiger partial charge in [-0.15, -0.1) is 0 Å². The molecule has 2 aromatic rings. The Labute approximate surface area is 193 Å². The molecule has 7 heteroatoms. The third-order valence-corrected chi connectivity index (χ3v) is 5.97. The van der Waals surface area contributed by atoms with Crippen molar-refractivity contribution < 1.29 is 19.1 Å². The molecule has 6 nitrogen and oxygen atoms in total. The first-order valence-electron chi connectivity index (χ1n) is 10.6. The molecule has 1 heterocycles. The summed E-state index contributed by atoms with van der Waals surface area (Å²) in [7, 11) is 0. The van der Waals surface area contributed by atoms with Crippen molar-refractivity contribution in [1.29, 1.82) is 0 Å². The monoisotopic (exact) mass is 452 g/mol. The normalized spacial score (nSPS) is 14.9. The van der Waals surface area contributed by atoms with Crippen LogP contribution < -0.4 is 10.1 Å². The topological polar surface area (TPSA) is 75.7 Å². The molecule has 3 rings (SSSR count). The smallest absolute Gasteiger partial charge is 0.294 e. The Morgan fingerprint density at radius 3 is 2.38 bits per heavy atom. The maximum absolute atomic E-state index is 12.7. The number of imide groups is 1. The third kappa shape index (κ3) is 5.79. The van der Waals surface area contributed by atoms with Crippen molar-refractivity contribution in [3.05, 3.63) is 63.6 Å². The van der Waals surface area contributed by atoms with Gasteiger partial charge in [0.2, 0.25) is 5.91 Å². The fourth-order valence-corrected chi connectivity index (χ4v) is 4.32. The van der Waals surface area contributed by atoms with E-state index in [0.717, 1.165) is 57.5 Å². The summed E-state index contributed by atoms with van der Waals surface area (Å²) in [5.74, 6) is -0.102. The number of carbonyl (C=O) groups excluding carboxylic acids is 3. The van der Waals surface area contributed by atoms with Crippen LogP contribution >= 0.6 is 11.8 Å². The molecule has 0 aromatic heterocycles. The number of amides is 3. The number of hydrogen-bond acceptors (Lipinski definition) is 5. The summed E-state index contributed by atoms with van der Waals surface area (Å²) in [6, 6.07) is 11.3. The minimum absolute atomic E-state index is 0.296. The first-order chi connectivity index (χ1) is 15.3. The zero-order valence-corrected chi connectivity index (χ0v) is 19.7. The quantitative estimate of drug-likeness (QED) is 0.425. The van der Waals surface area contributed by atoms with E-state index >= 15 is 0 Å².